The van der Waals surface area contributed by atoms with E-state index in [0.29, 0.717) is 25.9 Å². The van der Waals surface area contributed by atoms with Gasteiger partial charge in [-0.15, -0.1) is 24.8 Å². The van der Waals surface area contributed by atoms with Crippen LogP contribution in [0.15, 0.2) is 0 Å². The normalized spacial score (nSPS) is 16.5. The molecule has 0 heterocycles. The van der Waals surface area contributed by atoms with E-state index in [0.717, 1.165) is 25.7 Å². The van der Waals surface area contributed by atoms with Crippen molar-refractivity contribution in [1.29, 1.82) is 0 Å². The number of unbranched alkanes of at least 4 members (excludes halogenated alkanes) is 4. The van der Waals surface area contributed by atoms with Crippen LogP contribution in [0.4, 0.5) is 0 Å². The number of esters is 2. The minimum Gasteiger partial charge on any atom is -0.463 e. The van der Waals surface area contributed by atoms with Crippen LogP contribution in [0.25, 0.3) is 0 Å². The lowest BCUT2D eigenvalue weighted by Gasteiger charge is -2.25. The topological polar surface area (TPSA) is 307 Å². The molecule has 0 aliphatic carbocycles. The number of aliphatic hydroxyl groups is 10. The number of hydrogen-bond donors (Lipinski definition) is 12. The van der Waals surface area contributed by atoms with Crippen LogP contribution in [-0.4, -0.2) is 151 Å². The molecule has 256 valence electrons. The van der Waals surface area contributed by atoms with Gasteiger partial charge in [0, 0.05) is 12.8 Å². The monoisotopic (exact) mass is 662 g/mol. The van der Waals surface area contributed by atoms with E-state index in [1.165, 1.54) is 0 Å². The summed E-state index contributed by atoms with van der Waals surface area (Å²) in [6.07, 6.45) is -8.26. The Morgan fingerprint density at radius 2 is 0.786 bits per heavy atom. The number of nitrogens with two attached hydrogens (primary N) is 2. The largest absolute Gasteiger partial charge is 0.463 e. The van der Waals surface area contributed by atoms with Gasteiger partial charge in [-0.25, -0.2) is 0 Å². The summed E-state index contributed by atoms with van der Waals surface area (Å²) < 4.78 is 9.47. The number of rotatable bonds is 22. The Hall–Kier alpha value is -0.960. The Morgan fingerprint density at radius 3 is 1.05 bits per heavy atom. The number of halogens is 2. The average molecular weight is 664 g/mol. The third kappa shape index (κ3) is 23.5. The zero-order valence-electron chi connectivity index (χ0n) is 23.6. The predicted molar refractivity (Wildman–Crippen MR) is 154 cm³/mol. The summed E-state index contributed by atoms with van der Waals surface area (Å²) in [7, 11) is 0. The van der Waals surface area contributed by atoms with Gasteiger partial charge in [-0.3, -0.25) is 9.59 Å². The molecule has 0 radical (unpaired) electrons. The van der Waals surface area contributed by atoms with E-state index in [1.54, 1.807) is 0 Å². The summed E-state index contributed by atoms with van der Waals surface area (Å²) in [5.74, 6) is -1.05. The highest BCUT2D eigenvalue weighted by molar-refractivity contribution is 5.85. The highest BCUT2D eigenvalue weighted by Gasteiger charge is 2.31. The first-order valence-corrected chi connectivity index (χ1v) is 13.2. The number of ether oxygens (including phenoxy) is 2. The standard InChI is InChI=1S/2C12H25NO7.2ClH/c2*13-5-3-1-2-4-10(17)20-7-9(16)12(19)11(18)8(15)6-14;;/h2*8-9,11-12,14-16,18-19H,1-7,13H2;2*1H/t8-,9-,11+,12-;8-,9-,11-,12+;;/m11../s1. The highest BCUT2D eigenvalue weighted by atomic mass is 35.5. The summed E-state index contributed by atoms with van der Waals surface area (Å²) in [6, 6.07) is 0. The minimum absolute atomic E-state index is 0. The van der Waals surface area contributed by atoms with Gasteiger partial charge in [0.05, 0.1) is 13.2 Å². The van der Waals surface area contributed by atoms with Crippen LogP contribution in [0.2, 0.25) is 0 Å². The molecule has 16 nitrogen and oxygen atoms in total. The van der Waals surface area contributed by atoms with Gasteiger partial charge in [0.15, 0.2) is 0 Å². The van der Waals surface area contributed by atoms with Crippen molar-refractivity contribution in [2.75, 3.05) is 39.5 Å². The van der Waals surface area contributed by atoms with Gasteiger partial charge in [-0.1, -0.05) is 12.8 Å². The molecule has 0 saturated carbocycles. The van der Waals surface area contributed by atoms with E-state index < -0.39 is 87.2 Å². The quantitative estimate of drug-likeness (QED) is 0.0386. The van der Waals surface area contributed by atoms with Crippen LogP contribution in [-0.2, 0) is 19.1 Å². The molecule has 0 bridgehead atoms. The van der Waals surface area contributed by atoms with Crippen molar-refractivity contribution in [2.24, 2.45) is 11.5 Å². The highest BCUT2D eigenvalue weighted by Crippen LogP contribution is 2.08. The second-order valence-corrected chi connectivity index (χ2v) is 9.16. The van der Waals surface area contributed by atoms with E-state index in [2.05, 4.69) is 0 Å². The zero-order valence-corrected chi connectivity index (χ0v) is 25.2. The Morgan fingerprint density at radius 1 is 0.500 bits per heavy atom. The van der Waals surface area contributed by atoms with Crippen LogP contribution >= 0.6 is 24.8 Å². The van der Waals surface area contributed by atoms with Crippen LogP contribution in [0, 0.1) is 0 Å². The number of carbonyl (C=O) groups is 2. The van der Waals surface area contributed by atoms with Gasteiger partial charge in [0.1, 0.15) is 62.0 Å². The molecular weight excluding hydrogens is 611 g/mol. The third-order valence-electron chi connectivity index (χ3n) is 5.65. The van der Waals surface area contributed by atoms with Crippen molar-refractivity contribution in [2.45, 2.75) is 100 Å². The van der Waals surface area contributed by atoms with Crippen LogP contribution < -0.4 is 11.5 Å². The minimum atomic E-state index is -1.72. The summed E-state index contributed by atoms with van der Waals surface area (Å²) >= 11 is 0. The third-order valence-corrected chi connectivity index (χ3v) is 5.65. The number of carbonyl (C=O) groups excluding carboxylic acids is 2. The summed E-state index contributed by atoms with van der Waals surface area (Å²) in [6.45, 7) is -1.38. The Kier molecular flexibility index (Phi) is 34.3. The Labute approximate surface area is 258 Å². The van der Waals surface area contributed by atoms with E-state index >= 15 is 0 Å². The summed E-state index contributed by atoms with van der Waals surface area (Å²) in [4.78, 5) is 22.6. The molecule has 0 aliphatic heterocycles. The molecule has 0 rings (SSSR count). The fourth-order valence-electron chi connectivity index (χ4n) is 3.01. The Bertz CT molecular complexity index is 592. The van der Waals surface area contributed by atoms with Gasteiger partial charge in [0.2, 0.25) is 0 Å². The molecule has 0 saturated heterocycles. The van der Waals surface area contributed by atoms with Crippen molar-refractivity contribution < 1.29 is 70.1 Å². The van der Waals surface area contributed by atoms with Crippen LogP contribution in [0.3, 0.4) is 0 Å². The van der Waals surface area contributed by atoms with Gasteiger partial charge >= 0.3 is 11.9 Å². The van der Waals surface area contributed by atoms with E-state index in [9.17, 15) is 40.2 Å². The fourth-order valence-corrected chi connectivity index (χ4v) is 3.01. The number of hydrogen-bond acceptors (Lipinski definition) is 16. The maximum Gasteiger partial charge on any atom is 0.305 e. The molecule has 0 aromatic heterocycles. The van der Waals surface area contributed by atoms with Crippen molar-refractivity contribution >= 4 is 36.8 Å². The molecule has 0 unspecified atom stereocenters. The molecule has 14 N–H and O–H groups in total. The van der Waals surface area contributed by atoms with E-state index in [1.807, 2.05) is 0 Å². The van der Waals surface area contributed by atoms with Crippen LogP contribution in [0.5, 0.6) is 0 Å². The second-order valence-electron chi connectivity index (χ2n) is 9.16. The summed E-state index contributed by atoms with van der Waals surface area (Å²) in [5, 5.41) is 92.0. The first kappa shape index (κ1) is 48.0. The predicted octanol–water partition coefficient (Wildman–Crippen LogP) is -4.19. The SMILES string of the molecule is Cl.Cl.NCCCCCC(=O)OC[C@@H](O)[C@@H](O)[C@@H](O)[C@H](O)CO.NCCCCCC(=O)OC[C@@H](O)[C@H](O)[C@H](O)[C@H](O)CO. The van der Waals surface area contributed by atoms with Gasteiger partial charge < -0.3 is 72.0 Å². The van der Waals surface area contributed by atoms with Gasteiger partial charge in [-0.05, 0) is 38.8 Å². The lowest BCUT2D eigenvalue weighted by atomic mass is 10.0. The van der Waals surface area contributed by atoms with E-state index in [-0.39, 0.29) is 37.7 Å². The molecule has 0 spiro atoms. The van der Waals surface area contributed by atoms with Crippen LogP contribution in [0.1, 0.15) is 51.4 Å². The molecule has 0 amide bonds. The zero-order chi connectivity index (χ0) is 31.1. The lowest BCUT2D eigenvalue weighted by molar-refractivity contribution is -0.156. The molecule has 0 aromatic carbocycles. The van der Waals surface area contributed by atoms with Gasteiger partial charge in [0.25, 0.3) is 0 Å². The van der Waals surface area contributed by atoms with Crippen molar-refractivity contribution in [3.63, 3.8) is 0 Å². The molecule has 42 heavy (non-hydrogen) atoms. The second kappa shape index (κ2) is 30.1. The van der Waals surface area contributed by atoms with Crippen molar-refractivity contribution in [3.8, 4) is 0 Å². The molecular formula is C24H52Cl2N2O14. The lowest BCUT2D eigenvalue weighted by Crippen LogP contribution is -2.47. The molecule has 0 fully saturated rings. The number of aliphatic hydroxyl groups excluding tert-OH is 10. The first-order chi connectivity index (χ1) is 18.9. The smallest absolute Gasteiger partial charge is 0.305 e. The molecule has 18 heteroatoms. The molecule has 8 atom stereocenters. The maximum absolute atomic E-state index is 11.3. The van der Waals surface area contributed by atoms with E-state index in [4.69, 9.17) is 41.4 Å². The van der Waals surface area contributed by atoms with Crippen molar-refractivity contribution in [1.82, 2.24) is 0 Å². The Balaban J connectivity index is -0.000000328. The first-order valence-electron chi connectivity index (χ1n) is 13.2. The maximum atomic E-state index is 11.3. The fraction of sp³-hybridized carbons (Fsp3) is 0.917. The average Bonchev–Trinajstić information content (AvgIpc) is 2.96. The molecule has 0 aromatic rings. The van der Waals surface area contributed by atoms with Crippen molar-refractivity contribution in [3.05, 3.63) is 0 Å². The van der Waals surface area contributed by atoms with Gasteiger partial charge in [-0.2, -0.15) is 0 Å². The summed E-state index contributed by atoms with van der Waals surface area (Å²) in [5.41, 5.74) is 10.6. The molecule has 0 aliphatic rings.